The second-order valence-corrected chi connectivity index (χ2v) is 4.01. The van der Waals surface area contributed by atoms with Crippen molar-refractivity contribution in [3.63, 3.8) is 0 Å². The van der Waals surface area contributed by atoms with E-state index in [0.29, 0.717) is 0 Å². The van der Waals surface area contributed by atoms with Crippen LogP contribution in [-0.2, 0) is 0 Å². The molecule has 0 bridgehead atoms. The molecule has 0 saturated carbocycles. The van der Waals surface area contributed by atoms with Crippen molar-refractivity contribution in [2.75, 3.05) is 13.1 Å². The van der Waals surface area contributed by atoms with E-state index in [4.69, 9.17) is 0 Å². The molecule has 3 nitrogen and oxygen atoms in total. The van der Waals surface area contributed by atoms with Gasteiger partial charge in [-0.25, -0.2) is 5.01 Å². The Bertz CT molecular complexity index is 497. The van der Waals surface area contributed by atoms with Gasteiger partial charge in [-0.3, -0.25) is 4.99 Å². The molecule has 0 saturated heterocycles. The van der Waals surface area contributed by atoms with E-state index in [1.807, 2.05) is 23.2 Å². The molecule has 0 N–H and O–H groups in total. The van der Waals surface area contributed by atoms with Gasteiger partial charge in [0.15, 0.2) is 0 Å². The molecule has 0 spiro atoms. The van der Waals surface area contributed by atoms with Crippen LogP contribution in [0.5, 0.6) is 0 Å². The van der Waals surface area contributed by atoms with Crippen LogP contribution >= 0.6 is 0 Å². The lowest BCUT2D eigenvalue weighted by Crippen LogP contribution is -2.27. The van der Waals surface area contributed by atoms with Gasteiger partial charge < -0.3 is 0 Å². The molecule has 0 aliphatic carbocycles. The summed E-state index contributed by atoms with van der Waals surface area (Å²) < 4.78 is 0. The third-order valence-electron chi connectivity index (χ3n) is 2.84. The summed E-state index contributed by atoms with van der Waals surface area (Å²) in [6.07, 6.45) is 2.11. The summed E-state index contributed by atoms with van der Waals surface area (Å²) in [5, 5.41) is 6.63. The van der Waals surface area contributed by atoms with Crippen LogP contribution in [0.2, 0.25) is 0 Å². The van der Waals surface area contributed by atoms with Crippen LogP contribution in [0.15, 0.2) is 52.1 Å². The highest BCUT2D eigenvalue weighted by atomic mass is 15.5. The van der Waals surface area contributed by atoms with E-state index >= 15 is 0 Å². The fraction of sp³-hybridized carbons (Fsp3) is 0.231. The lowest BCUT2D eigenvalue weighted by atomic mass is 10.0. The molecule has 0 radical (unpaired) electrons. The number of hydrogen-bond donors (Lipinski definition) is 0. The molecule has 80 valence electrons. The molecule has 3 heteroatoms. The maximum Gasteiger partial charge on any atom is 0.144 e. The standard InChI is InChI=1S/C13H13N3/c1-10-9-12-14-7-8-16(12)15-13(10)11-5-3-2-4-6-11/h2-6,9H,7-8H2,1H3. The van der Waals surface area contributed by atoms with Crippen molar-refractivity contribution >= 4 is 11.5 Å². The van der Waals surface area contributed by atoms with E-state index in [-0.39, 0.29) is 0 Å². The number of hydrogen-bond acceptors (Lipinski definition) is 3. The zero-order valence-corrected chi connectivity index (χ0v) is 9.22. The zero-order chi connectivity index (χ0) is 11.0. The Balaban J connectivity index is 2.03. The summed E-state index contributed by atoms with van der Waals surface area (Å²) in [6, 6.07) is 10.3. The first-order valence-electron chi connectivity index (χ1n) is 5.49. The minimum Gasteiger partial charge on any atom is -0.265 e. The van der Waals surface area contributed by atoms with Crippen LogP contribution in [0.1, 0.15) is 12.5 Å². The smallest absolute Gasteiger partial charge is 0.144 e. The van der Waals surface area contributed by atoms with Gasteiger partial charge in [0.2, 0.25) is 0 Å². The van der Waals surface area contributed by atoms with Gasteiger partial charge in [0.05, 0.1) is 18.8 Å². The van der Waals surface area contributed by atoms with Crippen molar-refractivity contribution in [3.8, 4) is 0 Å². The molecule has 0 fully saturated rings. The maximum atomic E-state index is 4.65. The monoisotopic (exact) mass is 211 g/mol. The first-order chi connectivity index (χ1) is 7.84. The van der Waals surface area contributed by atoms with Crippen molar-refractivity contribution in [1.29, 1.82) is 0 Å². The third-order valence-corrected chi connectivity index (χ3v) is 2.84. The van der Waals surface area contributed by atoms with Crippen molar-refractivity contribution in [1.82, 2.24) is 5.01 Å². The fourth-order valence-corrected chi connectivity index (χ4v) is 2.02. The first-order valence-corrected chi connectivity index (χ1v) is 5.49. The fourth-order valence-electron chi connectivity index (χ4n) is 2.02. The Labute approximate surface area is 94.8 Å². The number of allylic oxidation sites excluding steroid dienone is 1. The molecular formula is C13H13N3. The average Bonchev–Trinajstić information content (AvgIpc) is 2.76. The van der Waals surface area contributed by atoms with E-state index in [1.54, 1.807) is 0 Å². The van der Waals surface area contributed by atoms with Gasteiger partial charge in [-0.15, -0.1) is 0 Å². The Morgan fingerprint density at radius 3 is 2.81 bits per heavy atom. The van der Waals surface area contributed by atoms with Gasteiger partial charge in [-0.2, -0.15) is 5.10 Å². The van der Waals surface area contributed by atoms with Crippen molar-refractivity contribution in [2.24, 2.45) is 10.1 Å². The first kappa shape index (κ1) is 9.33. The molecule has 1 aromatic rings. The molecule has 0 aromatic heterocycles. The molecule has 16 heavy (non-hydrogen) atoms. The number of hydrazone groups is 1. The Hall–Kier alpha value is -1.90. The highest BCUT2D eigenvalue weighted by molar-refractivity contribution is 6.17. The summed E-state index contributed by atoms with van der Waals surface area (Å²) in [4.78, 5) is 4.40. The van der Waals surface area contributed by atoms with Gasteiger partial charge in [0.1, 0.15) is 5.84 Å². The Morgan fingerprint density at radius 2 is 2.00 bits per heavy atom. The predicted molar refractivity (Wildman–Crippen MR) is 65.7 cm³/mol. The van der Waals surface area contributed by atoms with Gasteiger partial charge in [-0.05, 0) is 18.6 Å². The Kier molecular flexibility index (Phi) is 2.10. The molecule has 3 rings (SSSR count). The molecular weight excluding hydrogens is 198 g/mol. The largest absolute Gasteiger partial charge is 0.265 e. The summed E-state index contributed by atoms with van der Waals surface area (Å²) in [5.41, 5.74) is 3.41. The number of benzene rings is 1. The lowest BCUT2D eigenvalue weighted by molar-refractivity contribution is 0.488. The lowest BCUT2D eigenvalue weighted by Gasteiger charge is -2.20. The third kappa shape index (κ3) is 1.45. The second kappa shape index (κ2) is 3.59. The number of rotatable bonds is 1. The summed E-state index contributed by atoms with van der Waals surface area (Å²) in [7, 11) is 0. The number of amidine groups is 1. The summed E-state index contributed by atoms with van der Waals surface area (Å²) in [5.74, 6) is 0.997. The van der Waals surface area contributed by atoms with Crippen molar-refractivity contribution in [3.05, 3.63) is 47.5 Å². The normalized spacial score (nSPS) is 18.8. The van der Waals surface area contributed by atoms with Crippen LogP contribution in [-0.4, -0.2) is 29.6 Å². The summed E-state index contributed by atoms with van der Waals surface area (Å²) >= 11 is 0. The maximum absolute atomic E-state index is 4.65. The van der Waals surface area contributed by atoms with Crippen LogP contribution in [0.25, 0.3) is 0 Å². The number of nitrogens with zero attached hydrogens (tertiary/aromatic N) is 3. The van der Waals surface area contributed by atoms with Crippen LogP contribution in [0, 0.1) is 0 Å². The molecule has 0 amide bonds. The van der Waals surface area contributed by atoms with E-state index in [9.17, 15) is 0 Å². The quantitative estimate of drug-likeness (QED) is 0.698. The van der Waals surface area contributed by atoms with E-state index in [0.717, 1.165) is 24.6 Å². The van der Waals surface area contributed by atoms with Crippen molar-refractivity contribution in [2.45, 2.75) is 6.92 Å². The molecule has 0 unspecified atom stereocenters. The minimum atomic E-state index is 0.852. The van der Waals surface area contributed by atoms with Gasteiger partial charge in [0.25, 0.3) is 0 Å². The predicted octanol–water partition coefficient (Wildman–Crippen LogP) is 2.06. The van der Waals surface area contributed by atoms with Crippen LogP contribution < -0.4 is 0 Å². The van der Waals surface area contributed by atoms with E-state index in [1.165, 1.54) is 11.1 Å². The second-order valence-electron chi connectivity index (χ2n) is 4.01. The van der Waals surface area contributed by atoms with E-state index in [2.05, 4.69) is 35.2 Å². The van der Waals surface area contributed by atoms with Gasteiger partial charge >= 0.3 is 0 Å². The molecule has 2 aliphatic rings. The highest BCUT2D eigenvalue weighted by Gasteiger charge is 2.21. The molecule has 0 atom stereocenters. The van der Waals surface area contributed by atoms with Gasteiger partial charge in [0, 0.05) is 5.56 Å². The Morgan fingerprint density at radius 1 is 1.19 bits per heavy atom. The highest BCUT2D eigenvalue weighted by Crippen LogP contribution is 2.18. The number of aliphatic imine (C=N–C) groups is 1. The molecule has 2 heterocycles. The molecule has 2 aliphatic heterocycles. The minimum absolute atomic E-state index is 0.852. The van der Waals surface area contributed by atoms with E-state index < -0.39 is 0 Å². The van der Waals surface area contributed by atoms with Crippen LogP contribution in [0.3, 0.4) is 0 Å². The summed E-state index contributed by atoms with van der Waals surface area (Å²) in [6.45, 7) is 3.84. The number of fused-ring (bicyclic) bond motifs is 1. The zero-order valence-electron chi connectivity index (χ0n) is 9.22. The molecule has 1 aromatic carbocycles. The average molecular weight is 211 g/mol. The van der Waals surface area contributed by atoms with Gasteiger partial charge in [-0.1, -0.05) is 30.3 Å². The SMILES string of the molecule is CC1=CC2=NCCN2N=C1c1ccccc1. The topological polar surface area (TPSA) is 28.0 Å². The van der Waals surface area contributed by atoms with Crippen molar-refractivity contribution < 1.29 is 0 Å². The van der Waals surface area contributed by atoms with Crippen LogP contribution in [0.4, 0.5) is 0 Å².